The molecule has 1 fully saturated rings. The van der Waals surface area contributed by atoms with E-state index < -0.39 is 17.3 Å². The number of carbonyl (C=O) groups excluding carboxylic acids is 2. The normalized spacial score (nSPS) is 34.0. The van der Waals surface area contributed by atoms with E-state index in [1.54, 1.807) is 20.8 Å². The quantitative estimate of drug-likeness (QED) is 0.605. The molecule has 0 bridgehead atoms. The molecule has 2 aliphatic rings. The standard InChI is InChI=1S/C15H18O4/c1-5-15(8-13(18)14(3,4)19-15)10-7-11(16)9(2)6-12(10)17/h5-7,13,18H,1,8H2,2-4H3/t13-,15-/m1/s1. The second kappa shape index (κ2) is 4.25. The number of aliphatic hydroxyl groups is 1. The molecule has 1 N–H and O–H groups in total. The van der Waals surface area contributed by atoms with Crippen LogP contribution in [-0.4, -0.2) is 34.0 Å². The molecule has 0 aromatic rings. The van der Waals surface area contributed by atoms with Crippen LogP contribution in [0.4, 0.5) is 0 Å². The molecule has 0 spiro atoms. The third-order valence-corrected chi connectivity index (χ3v) is 3.81. The highest BCUT2D eigenvalue weighted by Crippen LogP contribution is 2.44. The van der Waals surface area contributed by atoms with Gasteiger partial charge in [0.1, 0.15) is 5.60 Å². The first-order chi connectivity index (χ1) is 8.72. The fourth-order valence-electron chi connectivity index (χ4n) is 2.50. The summed E-state index contributed by atoms with van der Waals surface area (Å²) in [6, 6.07) is 0. The molecule has 1 heterocycles. The summed E-state index contributed by atoms with van der Waals surface area (Å²) in [5, 5.41) is 10.0. The lowest BCUT2D eigenvalue weighted by atomic mass is 9.82. The molecule has 0 unspecified atom stereocenters. The number of carbonyl (C=O) groups is 2. The van der Waals surface area contributed by atoms with Crippen LogP contribution in [-0.2, 0) is 14.3 Å². The van der Waals surface area contributed by atoms with Crippen molar-refractivity contribution >= 4 is 11.6 Å². The molecule has 19 heavy (non-hydrogen) atoms. The van der Waals surface area contributed by atoms with Crippen molar-refractivity contribution < 1.29 is 19.4 Å². The Hall–Kier alpha value is -1.52. The van der Waals surface area contributed by atoms with Crippen LogP contribution >= 0.6 is 0 Å². The monoisotopic (exact) mass is 262 g/mol. The zero-order valence-electron chi connectivity index (χ0n) is 11.4. The lowest BCUT2D eigenvalue weighted by Crippen LogP contribution is -2.37. The van der Waals surface area contributed by atoms with Crippen molar-refractivity contribution in [2.24, 2.45) is 0 Å². The molecule has 2 rings (SSSR count). The lowest BCUT2D eigenvalue weighted by Gasteiger charge is -2.30. The number of aliphatic hydroxyl groups excluding tert-OH is 1. The van der Waals surface area contributed by atoms with Crippen molar-refractivity contribution in [2.45, 2.75) is 44.5 Å². The number of allylic oxidation sites excluding steroid dienone is 3. The molecule has 2 atom stereocenters. The van der Waals surface area contributed by atoms with Crippen molar-refractivity contribution in [1.29, 1.82) is 0 Å². The van der Waals surface area contributed by atoms with Crippen LogP contribution in [0.3, 0.4) is 0 Å². The second-order valence-corrected chi connectivity index (χ2v) is 5.63. The van der Waals surface area contributed by atoms with E-state index in [0.29, 0.717) is 5.57 Å². The largest absolute Gasteiger partial charge is 0.390 e. The Kier molecular flexibility index (Phi) is 3.11. The van der Waals surface area contributed by atoms with Gasteiger partial charge in [-0.25, -0.2) is 0 Å². The Morgan fingerprint density at radius 2 is 2.00 bits per heavy atom. The van der Waals surface area contributed by atoms with Gasteiger partial charge in [0.15, 0.2) is 11.6 Å². The van der Waals surface area contributed by atoms with Gasteiger partial charge in [-0.1, -0.05) is 12.7 Å². The summed E-state index contributed by atoms with van der Waals surface area (Å²) >= 11 is 0. The van der Waals surface area contributed by atoms with E-state index in [0.717, 1.165) is 0 Å². The van der Waals surface area contributed by atoms with Crippen molar-refractivity contribution in [3.05, 3.63) is 36.0 Å². The number of ether oxygens (including phenoxy) is 1. The van der Waals surface area contributed by atoms with Gasteiger partial charge in [0.05, 0.1) is 11.7 Å². The Balaban J connectivity index is 2.45. The smallest absolute Gasteiger partial charge is 0.185 e. The molecular weight excluding hydrogens is 244 g/mol. The van der Waals surface area contributed by atoms with Gasteiger partial charge in [0, 0.05) is 17.6 Å². The molecule has 1 aliphatic heterocycles. The maximum atomic E-state index is 12.1. The van der Waals surface area contributed by atoms with Crippen molar-refractivity contribution in [3.8, 4) is 0 Å². The topological polar surface area (TPSA) is 63.6 Å². The molecule has 102 valence electrons. The zero-order valence-corrected chi connectivity index (χ0v) is 11.4. The number of hydrogen-bond acceptors (Lipinski definition) is 4. The minimum Gasteiger partial charge on any atom is -0.390 e. The van der Waals surface area contributed by atoms with E-state index in [1.807, 2.05) is 0 Å². The van der Waals surface area contributed by atoms with Gasteiger partial charge < -0.3 is 9.84 Å². The first kappa shape index (κ1) is 13.9. The Labute approximate surface area is 112 Å². The molecule has 1 saturated heterocycles. The number of ketones is 2. The third kappa shape index (κ3) is 2.11. The van der Waals surface area contributed by atoms with Crippen molar-refractivity contribution in [2.75, 3.05) is 0 Å². The minimum atomic E-state index is -1.09. The molecule has 0 aromatic heterocycles. The Bertz CT molecular complexity index is 524. The van der Waals surface area contributed by atoms with E-state index in [1.165, 1.54) is 18.2 Å². The van der Waals surface area contributed by atoms with Crippen LogP contribution < -0.4 is 0 Å². The predicted octanol–water partition coefficient (Wildman–Crippen LogP) is 1.50. The fraction of sp³-hybridized carbons (Fsp3) is 0.467. The summed E-state index contributed by atoms with van der Waals surface area (Å²) in [7, 11) is 0. The Morgan fingerprint density at radius 3 is 2.47 bits per heavy atom. The second-order valence-electron chi connectivity index (χ2n) is 5.63. The summed E-state index contributed by atoms with van der Waals surface area (Å²) in [6.07, 6.45) is 3.61. The SMILES string of the molecule is C=C[C@]1(C2=CC(=O)C(C)=CC2=O)C[C@@H](O)C(C)(C)O1. The molecular formula is C15H18O4. The first-order valence-corrected chi connectivity index (χ1v) is 6.23. The van der Waals surface area contributed by atoms with Gasteiger partial charge >= 0.3 is 0 Å². The highest BCUT2D eigenvalue weighted by molar-refractivity contribution is 6.20. The van der Waals surface area contributed by atoms with Gasteiger partial charge in [-0.2, -0.15) is 0 Å². The molecule has 1 aliphatic carbocycles. The molecule has 0 aromatic carbocycles. The van der Waals surface area contributed by atoms with Crippen LogP contribution in [0, 0.1) is 0 Å². The van der Waals surface area contributed by atoms with Crippen LogP contribution in [0.2, 0.25) is 0 Å². The fourth-order valence-corrected chi connectivity index (χ4v) is 2.50. The van der Waals surface area contributed by atoms with E-state index in [9.17, 15) is 14.7 Å². The number of hydrogen-bond donors (Lipinski definition) is 1. The van der Waals surface area contributed by atoms with E-state index >= 15 is 0 Å². The van der Waals surface area contributed by atoms with Gasteiger partial charge in [-0.15, -0.1) is 0 Å². The molecule has 4 nitrogen and oxygen atoms in total. The molecule has 4 heteroatoms. The average Bonchev–Trinajstić information content (AvgIpc) is 2.55. The average molecular weight is 262 g/mol. The summed E-state index contributed by atoms with van der Waals surface area (Å²) < 4.78 is 5.85. The highest BCUT2D eigenvalue weighted by Gasteiger charge is 2.52. The third-order valence-electron chi connectivity index (χ3n) is 3.81. The highest BCUT2D eigenvalue weighted by atomic mass is 16.5. The zero-order chi connectivity index (χ0) is 14.4. The van der Waals surface area contributed by atoms with Crippen LogP contribution in [0.5, 0.6) is 0 Å². The maximum Gasteiger partial charge on any atom is 0.185 e. The summed E-state index contributed by atoms with van der Waals surface area (Å²) in [5.41, 5.74) is -1.21. The molecule has 0 amide bonds. The van der Waals surface area contributed by atoms with Gasteiger partial charge in [0.2, 0.25) is 0 Å². The van der Waals surface area contributed by atoms with Crippen molar-refractivity contribution in [1.82, 2.24) is 0 Å². The minimum absolute atomic E-state index is 0.210. The van der Waals surface area contributed by atoms with Crippen LogP contribution in [0.1, 0.15) is 27.2 Å². The van der Waals surface area contributed by atoms with Crippen LogP contribution in [0.25, 0.3) is 0 Å². The van der Waals surface area contributed by atoms with Crippen molar-refractivity contribution in [3.63, 3.8) is 0 Å². The lowest BCUT2D eigenvalue weighted by molar-refractivity contribution is -0.118. The van der Waals surface area contributed by atoms with E-state index in [4.69, 9.17) is 4.74 Å². The van der Waals surface area contributed by atoms with E-state index in [2.05, 4.69) is 6.58 Å². The summed E-state index contributed by atoms with van der Waals surface area (Å²) in [4.78, 5) is 23.9. The van der Waals surface area contributed by atoms with Gasteiger partial charge in [0.25, 0.3) is 0 Å². The maximum absolute atomic E-state index is 12.1. The predicted molar refractivity (Wildman–Crippen MR) is 70.6 cm³/mol. The summed E-state index contributed by atoms with van der Waals surface area (Å²) in [5.74, 6) is -0.472. The Morgan fingerprint density at radius 1 is 1.37 bits per heavy atom. The molecule has 0 radical (unpaired) electrons. The van der Waals surface area contributed by atoms with Crippen LogP contribution in [0.15, 0.2) is 36.0 Å². The van der Waals surface area contributed by atoms with Gasteiger partial charge in [-0.05, 0) is 32.9 Å². The van der Waals surface area contributed by atoms with Gasteiger partial charge in [-0.3, -0.25) is 9.59 Å². The summed E-state index contributed by atoms with van der Waals surface area (Å²) in [6.45, 7) is 8.81. The number of rotatable bonds is 2. The first-order valence-electron chi connectivity index (χ1n) is 6.23. The van der Waals surface area contributed by atoms with E-state index in [-0.39, 0.29) is 23.6 Å². The molecule has 0 saturated carbocycles.